The third-order valence-corrected chi connectivity index (χ3v) is 6.18. The molecule has 0 saturated carbocycles. The predicted octanol–water partition coefficient (Wildman–Crippen LogP) is 0.777. The van der Waals surface area contributed by atoms with Crippen LogP contribution in [0.2, 0.25) is 0 Å². The molecule has 0 atom stereocenters. The van der Waals surface area contributed by atoms with Crippen LogP contribution in [0.4, 0.5) is 0 Å². The SMILES string of the molecule is CS(=O)(=O)N1CCN(C(=O)Cn2nc(-c3ccc(Br)cc3)ccc2=O)CC1. The van der Waals surface area contributed by atoms with E-state index in [4.69, 9.17) is 0 Å². The molecule has 144 valence electrons. The van der Waals surface area contributed by atoms with Gasteiger partial charge in [0.1, 0.15) is 6.54 Å². The zero-order chi connectivity index (χ0) is 19.6. The molecule has 0 unspecified atom stereocenters. The Morgan fingerprint density at radius 3 is 2.30 bits per heavy atom. The van der Waals surface area contributed by atoms with Crippen LogP contribution in [0.1, 0.15) is 0 Å². The number of nitrogens with zero attached hydrogens (tertiary/aromatic N) is 4. The van der Waals surface area contributed by atoms with E-state index in [9.17, 15) is 18.0 Å². The van der Waals surface area contributed by atoms with Crippen molar-refractivity contribution in [2.75, 3.05) is 32.4 Å². The number of piperazine rings is 1. The van der Waals surface area contributed by atoms with E-state index in [1.54, 1.807) is 11.0 Å². The van der Waals surface area contributed by atoms with Crippen LogP contribution in [-0.4, -0.2) is 65.7 Å². The molecule has 27 heavy (non-hydrogen) atoms. The van der Waals surface area contributed by atoms with Crippen molar-refractivity contribution in [3.63, 3.8) is 0 Å². The summed E-state index contributed by atoms with van der Waals surface area (Å²) in [7, 11) is -3.26. The Morgan fingerprint density at radius 2 is 1.70 bits per heavy atom. The normalized spacial score (nSPS) is 15.7. The van der Waals surface area contributed by atoms with Gasteiger partial charge in [-0.05, 0) is 18.2 Å². The average Bonchev–Trinajstić information content (AvgIpc) is 2.63. The molecular formula is C17H19BrN4O4S. The highest BCUT2D eigenvalue weighted by molar-refractivity contribution is 9.10. The monoisotopic (exact) mass is 454 g/mol. The Morgan fingerprint density at radius 1 is 1.07 bits per heavy atom. The quantitative estimate of drug-likeness (QED) is 0.680. The number of aromatic nitrogens is 2. The van der Waals surface area contributed by atoms with Crippen LogP contribution in [0.15, 0.2) is 45.7 Å². The fraction of sp³-hybridized carbons (Fsp3) is 0.353. The molecule has 1 saturated heterocycles. The van der Waals surface area contributed by atoms with E-state index < -0.39 is 10.0 Å². The van der Waals surface area contributed by atoms with Crippen molar-refractivity contribution in [2.24, 2.45) is 0 Å². The van der Waals surface area contributed by atoms with Crippen LogP contribution in [-0.2, 0) is 21.4 Å². The molecule has 1 aliphatic rings. The van der Waals surface area contributed by atoms with Crippen LogP contribution in [0.5, 0.6) is 0 Å². The maximum Gasteiger partial charge on any atom is 0.267 e. The van der Waals surface area contributed by atoms with E-state index >= 15 is 0 Å². The van der Waals surface area contributed by atoms with E-state index in [-0.39, 0.29) is 31.1 Å². The molecule has 1 aromatic heterocycles. The number of benzene rings is 1. The molecule has 0 N–H and O–H groups in total. The van der Waals surface area contributed by atoms with Gasteiger partial charge in [-0.15, -0.1) is 0 Å². The summed E-state index contributed by atoms with van der Waals surface area (Å²) in [5.74, 6) is -0.259. The Hall–Kier alpha value is -2.04. The maximum absolute atomic E-state index is 12.5. The van der Waals surface area contributed by atoms with Crippen LogP contribution in [0.3, 0.4) is 0 Å². The zero-order valence-corrected chi connectivity index (χ0v) is 17.1. The zero-order valence-electron chi connectivity index (χ0n) is 14.7. The first-order chi connectivity index (χ1) is 12.7. The number of rotatable bonds is 4. The Kier molecular flexibility index (Phi) is 5.78. The van der Waals surface area contributed by atoms with Crippen molar-refractivity contribution in [3.8, 4) is 11.3 Å². The number of carbonyl (C=O) groups is 1. The Labute approximate surface area is 165 Å². The van der Waals surface area contributed by atoms with Crippen molar-refractivity contribution >= 4 is 31.9 Å². The minimum absolute atomic E-state index is 0.178. The first-order valence-corrected chi connectivity index (χ1v) is 11.0. The van der Waals surface area contributed by atoms with Crippen molar-refractivity contribution < 1.29 is 13.2 Å². The fourth-order valence-electron chi connectivity index (χ4n) is 2.83. The first kappa shape index (κ1) is 19.7. The smallest absolute Gasteiger partial charge is 0.267 e. The summed E-state index contributed by atoms with van der Waals surface area (Å²) in [6.07, 6.45) is 1.15. The maximum atomic E-state index is 12.5. The molecule has 1 aliphatic heterocycles. The Bertz CT molecular complexity index is 996. The van der Waals surface area contributed by atoms with Gasteiger partial charge in [-0.2, -0.15) is 9.40 Å². The molecule has 0 aliphatic carbocycles. The fourth-order valence-corrected chi connectivity index (χ4v) is 3.92. The summed E-state index contributed by atoms with van der Waals surface area (Å²) in [5.41, 5.74) is 1.07. The number of hydrogen-bond acceptors (Lipinski definition) is 5. The summed E-state index contributed by atoms with van der Waals surface area (Å²) >= 11 is 3.37. The molecule has 2 heterocycles. The van der Waals surface area contributed by atoms with E-state index in [0.29, 0.717) is 18.8 Å². The van der Waals surface area contributed by atoms with Gasteiger partial charge in [-0.1, -0.05) is 28.1 Å². The molecule has 0 bridgehead atoms. The number of hydrogen-bond donors (Lipinski definition) is 0. The lowest BCUT2D eigenvalue weighted by atomic mass is 10.1. The molecular weight excluding hydrogens is 436 g/mol. The van der Waals surface area contributed by atoms with Gasteiger partial charge in [0.05, 0.1) is 11.9 Å². The second kappa shape index (κ2) is 7.91. The number of carbonyl (C=O) groups excluding carboxylic acids is 1. The molecule has 2 aromatic rings. The summed E-state index contributed by atoms with van der Waals surface area (Å²) in [6.45, 7) is 0.930. The van der Waals surface area contributed by atoms with Crippen LogP contribution >= 0.6 is 15.9 Å². The molecule has 10 heteroatoms. The third kappa shape index (κ3) is 4.82. The van der Waals surface area contributed by atoms with Gasteiger partial charge in [-0.3, -0.25) is 9.59 Å². The second-order valence-corrected chi connectivity index (χ2v) is 9.16. The number of sulfonamides is 1. The van der Waals surface area contributed by atoms with Crippen molar-refractivity contribution in [1.82, 2.24) is 19.0 Å². The van der Waals surface area contributed by atoms with Gasteiger partial charge in [0.25, 0.3) is 5.56 Å². The highest BCUT2D eigenvalue weighted by atomic mass is 79.9. The summed E-state index contributed by atoms with van der Waals surface area (Å²) in [4.78, 5) is 26.2. The van der Waals surface area contributed by atoms with Gasteiger partial charge < -0.3 is 4.90 Å². The average molecular weight is 455 g/mol. The molecule has 0 spiro atoms. The van der Waals surface area contributed by atoms with E-state index in [1.807, 2.05) is 24.3 Å². The molecule has 3 rings (SSSR count). The lowest BCUT2D eigenvalue weighted by molar-refractivity contribution is -0.133. The third-order valence-electron chi connectivity index (χ3n) is 4.35. The van der Waals surface area contributed by atoms with Crippen LogP contribution < -0.4 is 5.56 Å². The molecule has 1 fully saturated rings. The number of halogens is 1. The topological polar surface area (TPSA) is 92.6 Å². The molecule has 1 amide bonds. The predicted molar refractivity (Wildman–Crippen MR) is 105 cm³/mol. The lowest BCUT2D eigenvalue weighted by Crippen LogP contribution is -2.51. The van der Waals surface area contributed by atoms with Crippen LogP contribution in [0, 0.1) is 0 Å². The highest BCUT2D eigenvalue weighted by Crippen LogP contribution is 2.18. The molecule has 1 aromatic carbocycles. The lowest BCUT2D eigenvalue weighted by Gasteiger charge is -2.33. The van der Waals surface area contributed by atoms with Gasteiger partial charge >= 0.3 is 0 Å². The van der Waals surface area contributed by atoms with E-state index in [0.717, 1.165) is 21.0 Å². The van der Waals surface area contributed by atoms with Gasteiger partial charge in [0, 0.05) is 42.3 Å². The van der Waals surface area contributed by atoms with Crippen LogP contribution in [0.25, 0.3) is 11.3 Å². The second-order valence-electron chi connectivity index (χ2n) is 6.26. The van der Waals surface area contributed by atoms with E-state index in [2.05, 4.69) is 21.0 Å². The minimum Gasteiger partial charge on any atom is -0.338 e. The molecule has 0 radical (unpaired) electrons. The number of amides is 1. The van der Waals surface area contributed by atoms with E-state index in [1.165, 1.54) is 10.4 Å². The standard InChI is InChI=1S/C17H19BrN4O4S/c1-27(25,26)21-10-8-20(9-11-21)17(24)12-22-16(23)7-6-15(19-22)13-2-4-14(18)5-3-13/h2-7H,8-12H2,1H3. The van der Waals surface area contributed by atoms with Gasteiger partial charge in [0.15, 0.2) is 0 Å². The Balaban J connectivity index is 1.72. The largest absolute Gasteiger partial charge is 0.338 e. The van der Waals surface area contributed by atoms with Crippen molar-refractivity contribution in [3.05, 3.63) is 51.2 Å². The first-order valence-electron chi connectivity index (χ1n) is 8.31. The minimum atomic E-state index is -3.26. The van der Waals surface area contributed by atoms with Gasteiger partial charge in [0.2, 0.25) is 15.9 Å². The van der Waals surface area contributed by atoms with Crippen molar-refractivity contribution in [2.45, 2.75) is 6.54 Å². The van der Waals surface area contributed by atoms with Crippen molar-refractivity contribution in [1.29, 1.82) is 0 Å². The summed E-state index contributed by atoms with van der Waals surface area (Å²) in [6, 6.07) is 10.5. The highest BCUT2D eigenvalue weighted by Gasteiger charge is 2.26. The van der Waals surface area contributed by atoms with Gasteiger partial charge in [-0.25, -0.2) is 13.1 Å². The summed E-state index contributed by atoms with van der Waals surface area (Å²) < 4.78 is 26.5. The molecule has 8 nitrogen and oxygen atoms in total. The summed E-state index contributed by atoms with van der Waals surface area (Å²) in [5, 5.41) is 4.30.